The highest BCUT2D eigenvalue weighted by Crippen LogP contribution is 2.20. The molecule has 0 aromatic heterocycles. The maximum absolute atomic E-state index is 13.3. The van der Waals surface area contributed by atoms with Crippen molar-refractivity contribution in [2.24, 2.45) is 5.73 Å². The molecule has 0 fully saturated rings. The maximum Gasteiger partial charge on any atom is 0.335 e. The van der Waals surface area contributed by atoms with Gasteiger partial charge >= 0.3 is 5.97 Å². The number of rotatable bonds is 4. The number of nitrogens with two attached hydrogens (primary N) is 1. The van der Waals surface area contributed by atoms with Gasteiger partial charge in [0.1, 0.15) is 5.82 Å². The number of carbonyl (C=O) groups is 1. The summed E-state index contributed by atoms with van der Waals surface area (Å²) in [5.41, 5.74) is 6.08. The average Bonchev–Trinajstić information content (AvgIpc) is 2.18. The second-order valence-electron chi connectivity index (χ2n) is 3.44. The van der Waals surface area contributed by atoms with Crippen LogP contribution in [0.25, 0.3) is 0 Å². The molecule has 0 aliphatic rings. The summed E-state index contributed by atoms with van der Waals surface area (Å²) >= 11 is 0. The summed E-state index contributed by atoms with van der Waals surface area (Å²) in [6, 6.07) is 3.25. The highest BCUT2D eigenvalue weighted by Gasteiger charge is 2.13. The molecule has 0 bridgehead atoms. The topological polar surface area (TPSA) is 63.3 Å². The van der Waals surface area contributed by atoms with Crippen LogP contribution in [0.2, 0.25) is 0 Å². The Kier molecular flexibility index (Phi) is 6.00. The molecule has 0 radical (unpaired) electrons. The largest absolute Gasteiger partial charge is 0.478 e. The molecule has 0 aliphatic heterocycles. The fourth-order valence-corrected chi connectivity index (χ4v) is 1.43. The van der Waals surface area contributed by atoms with E-state index in [1.807, 2.05) is 6.92 Å². The molecule has 0 spiro atoms. The molecule has 1 atom stereocenters. The summed E-state index contributed by atoms with van der Waals surface area (Å²) in [7, 11) is 0. The summed E-state index contributed by atoms with van der Waals surface area (Å²) in [5, 5.41) is 8.75. The first kappa shape index (κ1) is 14.9. The van der Waals surface area contributed by atoms with E-state index in [-0.39, 0.29) is 23.5 Å². The Labute approximate surface area is 99.9 Å². The molecule has 5 heteroatoms. The van der Waals surface area contributed by atoms with E-state index >= 15 is 0 Å². The van der Waals surface area contributed by atoms with Gasteiger partial charge in [0.05, 0.1) is 5.56 Å². The molecule has 1 aromatic rings. The van der Waals surface area contributed by atoms with Crippen molar-refractivity contribution in [3.8, 4) is 0 Å². The zero-order valence-corrected chi connectivity index (χ0v) is 9.76. The van der Waals surface area contributed by atoms with E-state index in [0.717, 1.165) is 12.5 Å². The van der Waals surface area contributed by atoms with Crippen molar-refractivity contribution in [3.63, 3.8) is 0 Å². The molecule has 1 rings (SSSR count). The van der Waals surface area contributed by atoms with Gasteiger partial charge in [-0.15, -0.1) is 12.4 Å². The lowest BCUT2D eigenvalue weighted by molar-refractivity contribution is 0.0696. The quantitative estimate of drug-likeness (QED) is 0.860. The van der Waals surface area contributed by atoms with E-state index in [1.165, 1.54) is 12.1 Å². The number of benzene rings is 1. The first-order chi connectivity index (χ1) is 7.06. The Morgan fingerprint density at radius 1 is 1.56 bits per heavy atom. The number of aromatic carboxylic acids is 1. The highest BCUT2D eigenvalue weighted by atomic mass is 35.5. The molecule has 16 heavy (non-hydrogen) atoms. The standard InChI is InChI=1S/C11H14FNO2.ClH/c1-2-3-10(13)8-6-7(11(14)15)4-5-9(8)12;/h4-6,10H,2-3,13H2,1H3,(H,14,15);1H. The Balaban J connectivity index is 0.00000225. The van der Waals surface area contributed by atoms with Crippen LogP contribution in [0.1, 0.15) is 41.7 Å². The van der Waals surface area contributed by atoms with E-state index in [0.29, 0.717) is 6.42 Å². The number of carboxylic acid groups (broad SMARTS) is 1. The van der Waals surface area contributed by atoms with Crippen molar-refractivity contribution in [2.45, 2.75) is 25.8 Å². The number of carboxylic acids is 1. The van der Waals surface area contributed by atoms with Crippen molar-refractivity contribution < 1.29 is 14.3 Å². The lowest BCUT2D eigenvalue weighted by atomic mass is 10.0. The lowest BCUT2D eigenvalue weighted by Gasteiger charge is -2.12. The SMILES string of the molecule is CCCC(N)c1cc(C(=O)O)ccc1F.Cl. The maximum atomic E-state index is 13.3. The van der Waals surface area contributed by atoms with Gasteiger partial charge in [0.25, 0.3) is 0 Å². The molecule has 90 valence electrons. The minimum atomic E-state index is -1.07. The molecule has 0 aliphatic carbocycles. The molecule has 3 N–H and O–H groups in total. The second-order valence-corrected chi connectivity index (χ2v) is 3.44. The third-order valence-corrected chi connectivity index (χ3v) is 2.24. The molecule has 0 saturated carbocycles. The molecule has 1 aromatic carbocycles. The Morgan fingerprint density at radius 2 is 2.19 bits per heavy atom. The molecule has 0 heterocycles. The number of hydrogen-bond acceptors (Lipinski definition) is 2. The first-order valence-electron chi connectivity index (χ1n) is 4.84. The van der Waals surface area contributed by atoms with Crippen molar-refractivity contribution in [1.29, 1.82) is 0 Å². The van der Waals surface area contributed by atoms with Crippen molar-refractivity contribution in [1.82, 2.24) is 0 Å². The number of halogens is 2. The minimum Gasteiger partial charge on any atom is -0.478 e. The van der Waals surface area contributed by atoms with E-state index < -0.39 is 17.8 Å². The molecule has 3 nitrogen and oxygen atoms in total. The van der Waals surface area contributed by atoms with Crippen LogP contribution in [0.15, 0.2) is 18.2 Å². The van der Waals surface area contributed by atoms with Crippen molar-refractivity contribution in [2.75, 3.05) is 0 Å². The molecule has 1 unspecified atom stereocenters. The normalized spacial score (nSPS) is 11.7. The van der Waals surface area contributed by atoms with Crippen LogP contribution in [0.5, 0.6) is 0 Å². The van der Waals surface area contributed by atoms with Crippen LogP contribution in [0.3, 0.4) is 0 Å². The average molecular weight is 248 g/mol. The summed E-state index contributed by atoms with van der Waals surface area (Å²) in [6.45, 7) is 1.94. The van der Waals surface area contributed by atoms with Gasteiger partial charge in [0.2, 0.25) is 0 Å². The molecular weight excluding hydrogens is 233 g/mol. The van der Waals surface area contributed by atoms with E-state index in [2.05, 4.69) is 0 Å². The Hall–Kier alpha value is -1.13. The van der Waals surface area contributed by atoms with Gasteiger partial charge in [-0.1, -0.05) is 13.3 Å². The lowest BCUT2D eigenvalue weighted by Crippen LogP contribution is -2.13. The fraction of sp³-hybridized carbons (Fsp3) is 0.364. The predicted molar refractivity (Wildman–Crippen MR) is 62.4 cm³/mol. The van der Waals surface area contributed by atoms with Crippen LogP contribution < -0.4 is 5.73 Å². The van der Waals surface area contributed by atoms with Crippen LogP contribution in [-0.2, 0) is 0 Å². The first-order valence-corrected chi connectivity index (χ1v) is 4.84. The van der Waals surface area contributed by atoms with Crippen LogP contribution >= 0.6 is 12.4 Å². The van der Waals surface area contributed by atoms with Gasteiger partial charge in [0, 0.05) is 11.6 Å². The molecule has 0 amide bonds. The summed E-state index contributed by atoms with van der Waals surface area (Å²) in [4.78, 5) is 10.7. The van der Waals surface area contributed by atoms with E-state index in [9.17, 15) is 9.18 Å². The Morgan fingerprint density at radius 3 is 2.69 bits per heavy atom. The fourth-order valence-electron chi connectivity index (χ4n) is 1.43. The predicted octanol–water partition coefficient (Wildman–Crippen LogP) is 2.75. The van der Waals surface area contributed by atoms with Crippen molar-refractivity contribution in [3.05, 3.63) is 35.1 Å². The highest BCUT2D eigenvalue weighted by molar-refractivity contribution is 5.87. The van der Waals surface area contributed by atoms with Crippen molar-refractivity contribution >= 4 is 18.4 Å². The summed E-state index contributed by atoms with van der Waals surface area (Å²) in [5.74, 6) is -1.51. The van der Waals surface area contributed by atoms with Crippen LogP contribution in [0.4, 0.5) is 4.39 Å². The van der Waals surface area contributed by atoms with E-state index in [4.69, 9.17) is 10.8 Å². The van der Waals surface area contributed by atoms with Crippen LogP contribution in [-0.4, -0.2) is 11.1 Å². The second kappa shape index (κ2) is 6.45. The third-order valence-electron chi connectivity index (χ3n) is 2.24. The van der Waals surface area contributed by atoms with Crippen LogP contribution in [0, 0.1) is 5.82 Å². The zero-order chi connectivity index (χ0) is 11.4. The number of hydrogen-bond donors (Lipinski definition) is 2. The van der Waals surface area contributed by atoms with Gasteiger partial charge in [-0.25, -0.2) is 9.18 Å². The monoisotopic (exact) mass is 247 g/mol. The van der Waals surface area contributed by atoms with Gasteiger partial charge in [-0.05, 0) is 24.6 Å². The molecule has 0 saturated heterocycles. The zero-order valence-electron chi connectivity index (χ0n) is 8.94. The van der Waals surface area contributed by atoms with E-state index in [1.54, 1.807) is 0 Å². The van der Waals surface area contributed by atoms with Gasteiger partial charge in [0.15, 0.2) is 0 Å². The Bertz CT molecular complexity index is 371. The summed E-state index contributed by atoms with van der Waals surface area (Å²) < 4.78 is 13.3. The van der Waals surface area contributed by atoms with Gasteiger partial charge in [-0.2, -0.15) is 0 Å². The van der Waals surface area contributed by atoms with Gasteiger partial charge < -0.3 is 10.8 Å². The smallest absolute Gasteiger partial charge is 0.335 e. The van der Waals surface area contributed by atoms with Gasteiger partial charge in [-0.3, -0.25) is 0 Å². The minimum absolute atomic E-state index is 0. The summed E-state index contributed by atoms with van der Waals surface area (Å²) in [6.07, 6.45) is 1.47. The molecular formula is C11H15ClFNO2. The third kappa shape index (κ3) is 3.47.